The Kier molecular flexibility index (Phi) is 7.46. The molecule has 0 aliphatic carbocycles. The van der Waals surface area contributed by atoms with E-state index in [-0.39, 0.29) is 18.0 Å². The van der Waals surface area contributed by atoms with Crippen molar-refractivity contribution in [3.8, 4) is 5.75 Å². The lowest BCUT2D eigenvalue weighted by atomic mass is 9.69. The van der Waals surface area contributed by atoms with Crippen molar-refractivity contribution in [1.82, 2.24) is 30.1 Å². The number of carbonyl (C=O) groups excluding carboxylic acids is 1. The summed E-state index contributed by atoms with van der Waals surface area (Å²) in [6, 6.07) is 15.0. The molecular formula is C34H40N6O3. The molecule has 9 nitrogen and oxygen atoms in total. The lowest BCUT2D eigenvalue weighted by Crippen LogP contribution is -2.34. The number of esters is 1. The number of hydrogen-bond acceptors (Lipinski definition) is 7. The molecule has 0 saturated carbocycles. The van der Waals surface area contributed by atoms with Gasteiger partial charge in [-0.2, -0.15) is 5.10 Å². The fourth-order valence-electron chi connectivity index (χ4n) is 6.60. The van der Waals surface area contributed by atoms with Gasteiger partial charge in [-0.3, -0.25) is 14.8 Å². The van der Waals surface area contributed by atoms with Crippen LogP contribution in [-0.2, 0) is 29.7 Å². The van der Waals surface area contributed by atoms with Gasteiger partial charge < -0.3 is 9.47 Å². The normalized spacial score (nSPS) is 16.6. The molecule has 1 unspecified atom stereocenters. The zero-order valence-corrected chi connectivity index (χ0v) is 26.1. The summed E-state index contributed by atoms with van der Waals surface area (Å²) in [7, 11) is 3.35. The molecule has 1 aliphatic rings. The van der Waals surface area contributed by atoms with Crippen LogP contribution < -0.4 is 4.74 Å². The van der Waals surface area contributed by atoms with Crippen LogP contribution in [0.25, 0.3) is 21.9 Å². The van der Waals surface area contributed by atoms with E-state index in [4.69, 9.17) is 9.47 Å². The number of ether oxygens (including phenoxy) is 2. The van der Waals surface area contributed by atoms with E-state index in [0.29, 0.717) is 0 Å². The third-order valence-corrected chi connectivity index (χ3v) is 9.15. The number of aromatic nitrogens is 5. The number of aryl methyl sites for hydroxylation is 3. The van der Waals surface area contributed by atoms with Gasteiger partial charge in [0.05, 0.1) is 29.8 Å². The quantitative estimate of drug-likeness (QED) is 0.237. The minimum Gasteiger partial charge on any atom is -0.489 e. The molecule has 5 aromatic rings. The number of carbonyl (C=O) groups is 1. The Hall–Kier alpha value is -4.24. The number of H-pyrrole nitrogens is 1. The van der Waals surface area contributed by atoms with Crippen LogP contribution in [0.4, 0.5) is 0 Å². The molecule has 0 bridgehead atoms. The van der Waals surface area contributed by atoms with Crippen LogP contribution in [0.15, 0.2) is 48.7 Å². The number of benzene rings is 3. The standard InChI is InChI=1S/C34H40N6O3/c1-8-26-19-40(18-25-14-28-23(16-35-36-28)15-30(25)43-26)17-24-13-22(10-9-20(24)2)31(34(4,5)33(41)42-7)27-11-12-29-32(21(27)3)37-38-39(29)6/h9-16,26,31H,8,17-19H2,1-7H3,(H,35,36)/t26-,31?/m1/s1. The zero-order chi connectivity index (χ0) is 30.5. The van der Waals surface area contributed by atoms with E-state index < -0.39 is 5.41 Å². The first-order valence-corrected chi connectivity index (χ1v) is 14.9. The summed E-state index contributed by atoms with van der Waals surface area (Å²) < 4.78 is 13.6. The average molecular weight is 581 g/mol. The van der Waals surface area contributed by atoms with Crippen molar-refractivity contribution in [3.05, 3.63) is 82.0 Å². The van der Waals surface area contributed by atoms with E-state index >= 15 is 0 Å². The van der Waals surface area contributed by atoms with Gasteiger partial charge in [0.1, 0.15) is 17.4 Å². The largest absolute Gasteiger partial charge is 0.489 e. The van der Waals surface area contributed by atoms with Crippen LogP contribution in [0.2, 0.25) is 0 Å². The molecule has 2 aromatic heterocycles. The minimum atomic E-state index is -0.833. The van der Waals surface area contributed by atoms with Gasteiger partial charge in [-0.1, -0.05) is 36.4 Å². The average Bonchev–Trinajstić information content (AvgIpc) is 3.56. The van der Waals surface area contributed by atoms with Gasteiger partial charge in [0.15, 0.2) is 0 Å². The van der Waals surface area contributed by atoms with Gasteiger partial charge in [-0.25, -0.2) is 4.68 Å². The number of rotatable bonds is 7. The number of nitrogens with one attached hydrogen (secondary N) is 1. The number of aromatic amines is 1. The van der Waals surface area contributed by atoms with Gasteiger partial charge in [0.25, 0.3) is 0 Å². The predicted molar refractivity (Wildman–Crippen MR) is 167 cm³/mol. The molecule has 3 heterocycles. The second-order valence-electron chi connectivity index (χ2n) is 12.4. The van der Waals surface area contributed by atoms with E-state index in [0.717, 1.165) is 76.0 Å². The maximum absolute atomic E-state index is 13.3. The van der Waals surface area contributed by atoms with Gasteiger partial charge in [0.2, 0.25) is 0 Å². The first kappa shape index (κ1) is 28.9. The summed E-state index contributed by atoms with van der Waals surface area (Å²) in [5, 5.41) is 17.0. The zero-order valence-electron chi connectivity index (χ0n) is 26.1. The van der Waals surface area contributed by atoms with Crippen LogP contribution in [0.3, 0.4) is 0 Å². The van der Waals surface area contributed by atoms with Crippen LogP contribution in [-0.4, -0.2) is 55.8 Å². The summed E-state index contributed by atoms with van der Waals surface area (Å²) in [5.41, 5.74) is 8.71. The summed E-state index contributed by atoms with van der Waals surface area (Å²) in [6.45, 7) is 12.7. The van der Waals surface area contributed by atoms with E-state index in [9.17, 15) is 4.79 Å². The van der Waals surface area contributed by atoms with Crippen molar-refractivity contribution in [2.24, 2.45) is 12.5 Å². The highest BCUT2D eigenvalue weighted by molar-refractivity contribution is 5.83. The monoisotopic (exact) mass is 580 g/mol. The second-order valence-corrected chi connectivity index (χ2v) is 12.4. The molecule has 0 amide bonds. The third kappa shape index (κ3) is 5.16. The van der Waals surface area contributed by atoms with Gasteiger partial charge >= 0.3 is 5.97 Å². The van der Waals surface area contributed by atoms with E-state index in [1.54, 1.807) is 4.68 Å². The van der Waals surface area contributed by atoms with Crippen molar-refractivity contribution < 1.29 is 14.3 Å². The van der Waals surface area contributed by atoms with Crippen molar-refractivity contribution in [2.45, 2.75) is 66.2 Å². The molecule has 224 valence electrons. The summed E-state index contributed by atoms with van der Waals surface area (Å²) in [6.07, 6.45) is 2.84. The van der Waals surface area contributed by atoms with Crippen molar-refractivity contribution >= 4 is 27.9 Å². The Bertz CT molecular complexity index is 1820. The summed E-state index contributed by atoms with van der Waals surface area (Å²) in [5.74, 6) is 0.426. The minimum absolute atomic E-state index is 0.0847. The Morgan fingerprint density at radius 3 is 2.77 bits per heavy atom. The lowest BCUT2D eigenvalue weighted by Gasteiger charge is -2.34. The highest BCUT2D eigenvalue weighted by atomic mass is 16.5. The molecular weight excluding hydrogens is 540 g/mol. The molecule has 3 aromatic carbocycles. The maximum atomic E-state index is 13.3. The van der Waals surface area contributed by atoms with Crippen LogP contribution in [0.5, 0.6) is 5.75 Å². The Balaban J connectivity index is 1.40. The molecule has 0 radical (unpaired) electrons. The van der Waals surface area contributed by atoms with Gasteiger partial charge in [0, 0.05) is 43.5 Å². The molecule has 9 heteroatoms. The second kappa shape index (κ2) is 11.1. The highest BCUT2D eigenvalue weighted by Crippen LogP contribution is 2.44. The van der Waals surface area contributed by atoms with Gasteiger partial charge in [-0.15, -0.1) is 5.10 Å². The predicted octanol–water partition coefficient (Wildman–Crippen LogP) is 5.97. The molecule has 0 spiro atoms. The molecule has 6 rings (SSSR count). The third-order valence-electron chi connectivity index (χ3n) is 9.15. The molecule has 0 saturated heterocycles. The van der Waals surface area contributed by atoms with Gasteiger partial charge in [-0.05, 0) is 80.1 Å². The molecule has 43 heavy (non-hydrogen) atoms. The molecule has 0 fully saturated rings. The maximum Gasteiger partial charge on any atom is 0.312 e. The fourth-order valence-corrected chi connectivity index (χ4v) is 6.60. The Morgan fingerprint density at radius 2 is 2.00 bits per heavy atom. The number of hydrogen-bond donors (Lipinski definition) is 1. The summed E-state index contributed by atoms with van der Waals surface area (Å²) >= 11 is 0. The summed E-state index contributed by atoms with van der Waals surface area (Å²) in [4.78, 5) is 15.7. The first-order chi connectivity index (χ1) is 20.6. The van der Waals surface area contributed by atoms with Crippen LogP contribution in [0.1, 0.15) is 66.5 Å². The van der Waals surface area contributed by atoms with E-state index in [2.05, 4.69) is 82.6 Å². The van der Waals surface area contributed by atoms with E-state index in [1.165, 1.54) is 18.2 Å². The van der Waals surface area contributed by atoms with Crippen molar-refractivity contribution in [2.75, 3.05) is 13.7 Å². The molecule has 1 aliphatic heterocycles. The fraction of sp³-hybridized carbons (Fsp3) is 0.412. The first-order valence-electron chi connectivity index (χ1n) is 14.9. The van der Waals surface area contributed by atoms with Crippen molar-refractivity contribution in [3.63, 3.8) is 0 Å². The van der Waals surface area contributed by atoms with Crippen LogP contribution >= 0.6 is 0 Å². The Morgan fingerprint density at radius 1 is 1.19 bits per heavy atom. The van der Waals surface area contributed by atoms with E-state index in [1.807, 2.05) is 33.2 Å². The molecule has 1 N–H and O–H groups in total. The smallest absolute Gasteiger partial charge is 0.312 e. The van der Waals surface area contributed by atoms with Crippen LogP contribution in [0, 0.1) is 19.3 Å². The number of fused-ring (bicyclic) bond motifs is 3. The number of methoxy groups -OCH3 is 1. The van der Waals surface area contributed by atoms with Crippen molar-refractivity contribution in [1.29, 1.82) is 0 Å². The SMILES string of the molecule is CC[C@@H]1CN(Cc2cc(C(c3ccc4c(nnn4C)c3C)C(C)(C)C(=O)OC)ccc2C)Cc2cc3[nH]ncc3cc2O1. The topological polar surface area (TPSA) is 98.2 Å². The number of nitrogens with zero attached hydrogens (tertiary/aromatic N) is 5. The highest BCUT2D eigenvalue weighted by Gasteiger charge is 2.41. The lowest BCUT2D eigenvalue weighted by molar-refractivity contribution is -0.151. The molecule has 2 atom stereocenters. The Labute approximate surface area is 252 Å².